The van der Waals surface area contributed by atoms with E-state index >= 15 is 0 Å². The molecule has 2 N–H and O–H groups in total. The molecule has 0 aromatic heterocycles. The van der Waals surface area contributed by atoms with Crippen molar-refractivity contribution in [2.24, 2.45) is 0 Å². The highest BCUT2D eigenvalue weighted by molar-refractivity contribution is 6.22. The van der Waals surface area contributed by atoms with Gasteiger partial charge in [-0.3, -0.25) is 9.80 Å². The number of allylic oxidation sites excluding steroid dienone is 1. The molecule has 0 bridgehead atoms. The van der Waals surface area contributed by atoms with Crippen LogP contribution in [-0.4, -0.2) is 67.3 Å². The minimum absolute atomic E-state index is 0.0184. The molecule has 0 aromatic rings. The second kappa shape index (κ2) is 7.04. The Morgan fingerprint density at radius 1 is 1.00 bits per heavy atom. The molecule has 2 saturated heterocycles. The third-order valence-corrected chi connectivity index (χ3v) is 4.71. The number of hydrogen-bond donors (Lipinski definition) is 2. The molecule has 0 spiro atoms. The summed E-state index contributed by atoms with van der Waals surface area (Å²) in [6, 6.07) is 0.426. The molecule has 19 heavy (non-hydrogen) atoms. The Morgan fingerprint density at radius 2 is 1.58 bits per heavy atom. The fourth-order valence-corrected chi connectivity index (χ4v) is 3.60. The summed E-state index contributed by atoms with van der Waals surface area (Å²) in [7, 11) is 0. The summed E-state index contributed by atoms with van der Waals surface area (Å²) >= 11 is 6.75. The van der Waals surface area contributed by atoms with Crippen LogP contribution < -0.4 is 10.6 Å². The largest absolute Gasteiger partial charge is 0.314 e. The van der Waals surface area contributed by atoms with Gasteiger partial charge in [-0.25, -0.2) is 0 Å². The van der Waals surface area contributed by atoms with Crippen molar-refractivity contribution in [3.63, 3.8) is 0 Å². The summed E-state index contributed by atoms with van der Waals surface area (Å²) in [6.45, 7) is 14.0. The average molecular weight is 287 g/mol. The summed E-state index contributed by atoms with van der Waals surface area (Å²) in [5.74, 6) is 0. The van der Waals surface area contributed by atoms with Gasteiger partial charge in [-0.05, 0) is 26.3 Å². The maximum absolute atomic E-state index is 6.75. The zero-order valence-corrected chi connectivity index (χ0v) is 13.1. The number of piperazine rings is 1. The molecule has 110 valence electrons. The van der Waals surface area contributed by atoms with Gasteiger partial charge in [0.05, 0.1) is 0 Å². The summed E-state index contributed by atoms with van der Waals surface area (Å²) in [6.07, 6.45) is 0. The molecule has 0 amide bonds. The molecule has 0 aliphatic carbocycles. The van der Waals surface area contributed by atoms with Gasteiger partial charge >= 0.3 is 0 Å². The van der Waals surface area contributed by atoms with Crippen LogP contribution >= 0.6 is 11.6 Å². The first-order chi connectivity index (χ1) is 9.11. The number of alkyl halides is 1. The Hall–Kier alpha value is -0.130. The van der Waals surface area contributed by atoms with Crippen molar-refractivity contribution >= 4 is 11.6 Å². The first kappa shape index (κ1) is 15.3. The normalized spacial score (nSPS) is 25.3. The lowest BCUT2D eigenvalue weighted by Crippen LogP contribution is -2.50. The lowest BCUT2D eigenvalue weighted by Gasteiger charge is -2.38. The van der Waals surface area contributed by atoms with Crippen molar-refractivity contribution in [3.8, 4) is 0 Å². The van der Waals surface area contributed by atoms with Crippen LogP contribution in [-0.2, 0) is 0 Å². The predicted octanol–water partition coefficient (Wildman–Crippen LogP) is 1.04. The third kappa shape index (κ3) is 3.70. The smallest absolute Gasteiger partial charge is 0.109 e. The van der Waals surface area contributed by atoms with E-state index in [-0.39, 0.29) is 5.50 Å². The molecule has 2 aliphatic rings. The van der Waals surface area contributed by atoms with E-state index in [2.05, 4.69) is 41.2 Å². The van der Waals surface area contributed by atoms with Crippen LogP contribution in [0.2, 0.25) is 0 Å². The second-order valence-electron chi connectivity index (χ2n) is 5.72. The Balaban J connectivity index is 2.08. The summed E-state index contributed by atoms with van der Waals surface area (Å²) < 4.78 is 0. The van der Waals surface area contributed by atoms with E-state index < -0.39 is 0 Å². The summed E-state index contributed by atoms with van der Waals surface area (Å²) in [5, 5.41) is 6.77. The number of rotatable bonds is 4. The number of halogens is 1. The number of nitrogens with one attached hydrogen (secondary N) is 2. The molecule has 2 heterocycles. The highest BCUT2D eigenvalue weighted by Crippen LogP contribution is 2.25. The minimum atomic E-state index is 0.0184. The van der Waals surface area contributed by atoms with Crippen LogP contribution in [0.5, 0.6) is 0 Å². The first-order valence-corrected chi connectivity index (χ1v) is 7.75. The fourth-order valence-electron chi connectivity index (χ4n) is 3.04. The topological polar surface area (TPSA) is 30.5 Å². The van der Waals surface area contributed by atoms with Crippen LogP contribution in [0.25, 0.3) is 0 Å². The SMILES string of the molecule is CC(C)=C(C(C)N1CCNCC1)C(Cl)N1CCNC1. The van der Waals surface area contributed by atoms with E-state index in [0.29, 0.717) is 6.04 Å². The van der Waals surface area contributed by atoms with Gasteiger partial charge in [0, 0.05) is 52.0 Å². The van der Waals surface area contributed by atoms with Gasteiger partial charge in [0.1, 0.15) is 5.50 Å². The molecule has 4 nitrogen and oxygen atoms in total. The van der Waals surface area contributed by atoms with Crippen LogP contribution in [0, 0.1) is 0 Å². The molecule has 2 atom stereocenters. The van der Waals surface area contributed by atoms with E-state index in [0.717, 1.165) is 45.9 Å². The van der Waals surface area contributed by atoms with Gasteiger partial charge in [-0.15, -0.1) is 11.6 Å². The van der Waals surface area contributed by atoms with Crippen molar-refractivity contribution in [2.75, 3.05) is 45.9 Å². The molecular weight excluding hydrogens is 260 g/mol. The predicted molar refractivity (Wildman–Crippen MR) is 81.5 cm³/mol. The Kier molecular flexibility index (Phi) is 5.66. The van der Waals surface area contributed by atoms with Crippen LogP contribution in [0.15, 0.2) is 11.1 Å². The van der Waals surface area contributed by atoms with E-state index in [1.54, 1.807) is 0 Å². The van der Waals surface area contributed by atoms with Crippen LogP contribution in [0.4, 0.5) is 0 Å². The van der Waals surface area contributed by atoms with E-state index in [1.807, 2.05) is 0 Å². The third-order valence-electron chi connectivity index (χ3n) is 4.19. The van der Waals surface area contributed by atoms with Crippen molar-refractivity contribution in [1.29, 1.82) is 0 Å². The zero-order chi connectivity index (χ0) is 13.8. The van der Waals surface area contributed by atoms with Crippen molar-refractivity contribution < 1.29 is 0 Å². The van der Waals surface area contributed by atoms with Gasteiger partial charge < -0.3 is 10.6 Å². The Morgan fingerprint density at radius 3 is 2.11 bits per heavy atom. The standard InChI is InChI=1S/C14H27ClN4/c1-11(2)13(14(15)19-9-6-17-10-19)12(3)18-7-4-16-5-8-18/h12,14,16-17H,4-10H2,1-3H3. The number of nitrogens with zero attached hydrogens (tertiary/aromatic N) is 2. The van der Waals surface area contributed by atoms with E-state index in [1.165, 1.54) is 11.1 Å². The monoisotopic (exact) mass is 286 g/mol. The first-order valence-electron chi connectivity index (χ1n) is 7.32. The van der Waals surface area contributed by atoms with Crippen molar-refractivity contribution in [3.05, 3.63) is 11.1 Å². The highest BCUT2D eigenvalue weighted by Gasteiger charge is 2.30. The lowest BCUT2D eigenvalue weighted by molar-refractivity contribution is 0.191. The summed E-state index contributed by atoms with van der Waals surface area (Å²) in [4.78, 5) is 4.86. The quantitative estimate of drug-likeness (QED) is 0.459. The molecule has 2 unspecified atom stereocenters. The maximum Gasteiger partial charge on any atom is 0.109 e. The second-order valence-corrected chi connectivity index (χ2v) is 6.14. The molecule has 0 radical (unpaired) electrons. The molecular formula is C14H27ClN4. The molecule has 0 saturated carbocycles. The molecule has 2 fully saturated rings. The van der Waals surface area contributed by atoms with Crippen molar-refractivity contribution in [2.45, 2.75) is 32.3 Å². The van der Waals surface area contributed by atoms with E-state index in [9.17, 15) is 0 Å². The maximum atomic E-state index is 6.75. The van der Waals surface area contributed by atoms with Crippen LogP contribution in [0.1, 0.15) is 20.8 Å². The van der Waals surface area contributed by atoms with Gasteiger partial charge in [0.15, 0.2) is 0 Å². The van der Waals surface area contributed by atoms with Gasteiger partial charge in [-0.2, -0.15) is 0 Å². The average Bonchev–Trinajstić information content (AvgIpc) is 2.93. The zero-order valence-electron chi connectivity index (χ0n) is 12.4. The Labute approximate surface area is 122 Å². The molecule has 2 rings (SSSR count). The molecule has 5 heteroatoms. The minimum Gasteiger partial charge on any atom is -0.314 e. The fraction of sp³-hybridized carbons (Fsp3) is 0.857. The van der Waals surface area contributed by atoms with Gasteiger partial charge in [0.2, 0.25) is 0 Å². The number of hydrogen-bond acceptors (Lipinski definition) is 4. The summed E-state index contributed by atoms with van der Waals surface area (Å²) in [5.41, 5.74) is 2.76. The highest BCUT2D eigenvalue weighted by atomic mass is 35.5. The van der Waals surface area contributed by atoms with E-state index in [4.69, 9.17) is 11.6 Å². The van der Waals surface area contributed by atoms with Gasteiger partial charge in [0.25, 0.3) is 0 Å². The lowest BCUT2D eigenvalue weighted by atomic mass is 10.0. The van der Waals surface area contributed by atoms with Crippen LogP contribution in [0.3, 0.4) is 0 Å². The van der Waals surface area contributed by atoms with Gasteiger partial charge in [-0.1, -0.05) is 5.57 Å². The molecule has 0 aromatic carbocycles. The Bertz CT molecular complexity index is 315. The molecule has 2 aliphatic heterocycles. The van der Waals surface area contributed by atoms with Crippen molar-refractivity contribution in [1.82, 2.24) is 20.4 Å².